The highest BCUT2D eigenvalue weighted by atomic mass is 16.3. The fraction of sp³-hybridized carbons (Fsp3) is 0.500. The van der Waals surface area contributed by atoms with Gasteiger partial charge < -0.3 is 19.5 Å². The molecule has 1 saturated carbocycles. The van der Waals surface area contributed by atoms with Gasteiger partial charge in [-0.1, -0.05) is 20.8 Å². The van der Waals surface area contributed by atoms with E-state index in [-0.39, 0.29) is 28.7 Å². The normalized spacial score (nSPS) is 24.8. The van der Waals surface area contributed by atoms with Crippen LogP contribution in [0, 0.1) is 10.8 Å². The summed E-state index contributed by atoms with van der Waals surface area (Å²) < 4.78 is 10.3. The summed E-state index contributed by atoms with van der Waals surface area (Å²) in [5, 5.41) is 6.05. The molecule has 2 atom stereocenters. The van der Waals surface area contributed by atoms with E-state index in [1.165, 1.54) is 12.5 Å². The van der Waals surface area contributed by atoms with Crippen LogP contribution in [0.25, 0.3) is 0 Å². The summed E-state index contributed by atoms with van der Waals surface area (Å²) >= 11 is 0. The Morgan fingerprint density at radius 1 is 1.04 bits per heavy atom. The van der Waals surface area contributed by atoms with Gasteiger partial charge in [-0.25, -0.2) is 0 Å². The van der Waals surface area contributed by atoms with Gasteiger partial charge in [0.2, 0.25) is 0 Å². The van der Waals surface area contributed by atoms with E-state index in [0.29, 0.717) is 18.1 Å². The van der Waals surface area contributed by atoms with Gasteiger partial charge in [0.15, 0.2) is 11.5 Å². The maximum absolute atomic E-state index is 12.3. The predicted molar refractivity (Wildman–Crippen MR) is 96.7 cm³/mol. The number of carbonyl (C=O) groups excluding carboxylic acids is 2. The summed E-state index contributed by atoms with van der Waals surface area (Å²) in [6.45, 7) is 7.08. The Morgan fingerprint density at radius 2 is 1.65 bits per heavy atom. The fourth-order valence-electron chi connectivity index (χ4n) is 4.32. The van der Waals surface area contributed by atoms with Gasteiger partial charge in [-0.3, -0.25) is 9.59 Å². The summed E-state index contributed by atoms with van der Waals surface area (Å²) in [5.74, 6) is 0.225. The number of rotatable bonds is 5. The van der Waals surface area contributed by atoms with Crippen LogP contribution < -0.4 is 10.6 Å². The van der Waals surface area contributed by atoms with Crippen molar-refractivity contribution in [1.82, 2.24) is 10.6 Å². The van der Waals surface area contributed by atoms with Crippen molar-refractivity contribution in [1.29, 1.82) is 0 Å². The Hall–Kier alpha value is -2.50. The average molecular weight is 358 g/mol. The van der Waals surface area contributed by atoms with Gasteiger partial charge in [0.05, 0.1) is 12.5 Å². The van der Waals surface area contributed by atoms with Gasteiger partial charge in [-0.05, 0) is 54.4 Å². The number of hydrogen-bond donors (Lipinski definition) is 2. The lowest BCUT2D eigenvalue weighted by Crippen LogP contribution is -2.50. The molecule has 3 rings (SSSR count). The Labute approximate surface area is 153 Å². The lowest BCUT2D eigenvalue weighted by molar-refractivity contribution is 0.0577. The zero-order chi connectivity index (χ0) is 18.8. The standard InChI is InChI=1S/C20H26N2O4/c1-19(2)10-14(22-18(24)16-7-5-9-26-16)11-20(3,12-19)13-21-17(23)15-6-4-8-25-15/h4-9,14H,10-13H2,1-3H3,(H,21,23)(H,22,24)/t14-,20-/m1/s1. The SMILES string of the molecule is CC1(C)C[C@@H](NC(=O)c2ccco2)C[C@@](C)(CNC(=O)c2ccco2)C1. The van der Waals surface area contributed by atoms with Crippen molar-refractivity contribution < 1.29 is 18.4 Å². The highest BCUT2D eigenvalue weighted by molar-refractivity contribution is 5.92. The van der Waals surface area contributed by atoms with Crippen LogP contribution in [0.5, 0.6) is 0 Å². The number of carbonyl (C=O) groups is 2. The summed E-state index contributed by atoms with van der Waals surface area (Å²) in [6, 6.07) is 6.73. The van der Waals surface area contributed by atoms with Crippen molar-refractivity contribution in [2.45, 2.75) is 46.1 Å². The van der Waals surface area contributed by atoms with Gasteiger partial charge in [0.1, 0.15) is 0 Å². The second kappa shape index (κ2) is 7.02. The summed E-state index contributed by atoms with van der Waals surface area (Å²) in [6.07, 6.45) is 5.63. The molecular formula is C20H26N2O4. The minimum Gasteiger partial charge on any atom is -0.459 e. The first kappa shape index (κ1) is 18.3. The molecule has 0 aromatic carbocycles. The molecule has 0 unspecified atom stereocenters. The highest BCUT2D eigenvalue weighted by Gasteiger charge is 2.42. The molecule has 2 aromatic heterocycles. The number of amides is 2. The number of hydrogen-bond acceptors (Lipinski definition) is 4. The lowest BCUT2D eigenvalue weighted by atomic mass is 9.62. The van der Waals surface area contributed by atoms with Gasteiger partial charge in [0, 0.05) is 12.6 Å². The van der Waals surface area contributed by atoms with Crippen LogP contribution in [0.4, 0.5) is 0 Å². The molecule has 2 heterocycles. The van der Waals surface area contributed by atoms with Crippen LogP contribution in [0.1, 0.15) is 61.1 Å². The van der Waals surface area contributed by atoms with E-state index in [2.05, 4.69) is 31.4 Å². The second-order valence-electron chi connectivity index (χ2n) is 8.37. The summed E-state index contributed by atoms with van der Waals surface area (Å²) in [4.78, 5) is 24.5. The highest BCUT2D eigenvalue weighted by Crippen LogP contribution is 2.45. The molecule has 0 spiro atoms. The molecule has 6 heteroatoms. The van der Waals surface area contributed by atoms with Crippen LogP contribution in [-0.2, 0) is 0 Å². The van der Waals surface area contributed by atoms with E-state index >= 15 is 0 Å². The number of furan rings is 2. The van der Waals surface area contributed by atoms with Crippen molar-refractivity contribution in [3.63, 3.8) is 0 Å². The first-order valence-electron chi connectivity index (χ1n) is 8.93. The molecule has 1 aliphatic rings. The van der Waals surface area contributed by atoms with E-state index in [1.807, 2.05) is 0 Å². The maximum atomic E-state index is 12.3. The maximum Gasteiger partial charge on any atom is 0.287 e. The zero-order valence-electron chi connectivity index (χ0n) is 15.5. The Kier molecular flexibility index (Phi) is 4.94. The third-order valence-corrected chi connectivity index (χ3v) is 4.94. The molecule has 1 fully saturated rings. The van der Waals surface area contributed by atoms with E-state index in [0.717, 1.165) is 19.3 Å². The Bertz CT molecular complexity index is 749. The first-order chi connectivity index (χ1) is 12.3. The van der Waals surface area contributed by atoms with Crippen molar-refractivity contribution >= 4 is 11.8 Å². The molecule has 140 valence electrons. The molecule has 0 radical (unpaired) electrons. The summed E-state index contributed by atoms with van der Waals surface area (Å²) in [7, 11) is 0. The molecule has 0 bridgehead atoms. The quantitative estimate of drug-likeness (QED) is 0.855. The summed E-state index contributed by atoms with van der Waals surface area (Å²) in [5.41, 5.74) is -0.0609. The van der Waals surface area contributed by atoms with E-state index < -0.39 is 0 Å². The minimum atomic E-state index is -0.212. The fourth-order valence-corrected chi connectivity index (χ4v) is 4.32. The molecule has 26 heavy (non-hydrogen) atoms. The van der Waals surface area contributed by atoms with Crippen molar-refractivity contribution in [3.05, 3.63) is 48.3 Å². The lowest BCUT2D eigenvalue weighted by Gasteiger charge is -2.46. The van der Waals surface area contributed by atoms with Gasteiger partial charge in [0.25, 0.3) is 11.8 Å². The topological polar surface area (TPSA) is 84.5 Å². The van der Waals surface area contributed by atoms with E-state index in [1.54, 1.807) is 24.3 Å². The Balaban J connectivity index is 1.64. The number of nitrogens with one attached hydrogen (secondary N) is 2. The van der Waals surface area contributed by atoms with Crippen molar-refractivity contribution in [2.75, 3.05) is 6.54 Å². The smallest absolute Gasteiger partial charge is 0.287 e. The molecule has 2 aromatic rings. The molecule has 2 amide bonds. The van der Waals surface area contributed by atoms with Crippen molar-refractivity contribution in [2.24, 2.45) is 10.8 Å². The van der Waals surface area contributed by atoms with Gasteiger partial charge in [-0.15, -0.1) is 0 Å². The van der Waals surface area contributed by atoms with Crippen molar-refractivity contribution in [3.8, 4) is 0 Å². The molecule has 0 saturated heterocycles. The first-order valence-corrected chi connectivity index (χ1v) is 8.93. The van der Waals surface area contributed by atoms with Crippen LogP contribution in [-0.4, -0.2) is 24.4 Å². The van der Waals surface area contributed by atoms with Crippen LogP contribution in [0.15, 0.2) is 45.6 Å². The van der Waals surface area contributed by atoms with Gasteiger partial charge in [-0.2, -0.15) is 0 Å². The van der Waals surface area contributed by atoms with Crippen LogP contribution in [0.3, 0.4) is 0 Å². The predicted octanol–water partition coefficient (Wildman–Crippen LogP) is 3.62. The van der Waals surface area contributed by atoms with Gasteiger partial charge >= 0.3 is 0 Å². The molecule has 6 nitrogen and oxygen atoms in total. The van der Waals surface area contributed by atoms with Crippen LogP contribution >= 0.6 is 0 Å². The van der Waals surface area contributed by atoms with E-state index in [9.17, 15) is 9.59 Å². The third kappa shape index (κ3) is 4.36. The molecule has 1 aliphatic carbocycles. The minimum absolute atomic E-state index is 0.0295. The zero-order valence-corrected chi connectivity index (χ0v) is 15.5. The largest absolute Gasteiger partial charge is 0.459 e. The Morgan fingerprint density at radius 3 is 2.23 bits per heavy atom. The van der Waals surface area contributed by atoms with E-state index in [4.69, 9.17) is 8.83 Å². The molecule has 2 N–H and O–H groups in total. The average Bonchev–Trinajstić information content (AvgIpc) is 3.23. The second-order valence-corrected chi connectivity index (χ2v) is 8.37. The van der Waals surface area contributed by atoms with Crippen LogP contribution in [0.2, 0.25) is 0 Å². The molecular weight excluding hydrogens is 332 g/mol. The third-order valence-electron chi connectivity index (χ3n) is 4.94. The molecule has 0 aliphatic heterocycles. The monoisotopic (exact) mass is 358 g/mol.